The number of rotatable bonds is 3. The molecule has 4 nitrogen and oxygen atoms in total. The van der Waals surface area contributed by atoms with E-state index in [1.807, 2.05) is 6.92 Å². The maximum Gasteiger partial charge on any atom is 0.246 e. The third-order valence-electron chi connectivity index (χ3n) is 3.92. The van der Waals surface area contributed by atoms with Gasteiger partial charge in [0.05, 0.1) is 0 Å². The summed E-state index contributed by atoms with van der Waals surface area (Å²) < 4.78 is 40.7. The first-order chi connectivity index (χ1) is 9.36. The Balaban J connectivity index is 2.40. The van der Waals surface area contributed by atoms with Crippen LogP contribution in [0.4, 0.5) is 10.1 Å². The highest BCUT2D eigenvalue weighted by Gasteiger charge is 2.32. The Labute approximate surface area is 119 Å². The molecule has 112 valence electrons. The molecular weight excluding hydrogens is 279 g/mol. The van der Waals surface area contributed by atoms with Crippen LogP contribution in [0, 0.1) is 18.7 Å². The van der Waals surface area contributed by atoms with Crippen LogP contribution >= 0.6 is 0 Å². The molecule has 0 radical (unpaired) electrons. The molecule has 1 saturated heterocycles. The van der Waals surface area contributed by atoms with E-state index in [9.17, 15) is 12.8 Å². The van der Waals surface area contributed by atoms with E-state index in [0.29, 0.717) is 19.0 Å². The first-order valence-electron chi connectivity index (χ1n) is 6.92. The Morgan fingerprint density at radius 1 is 1.45 bits per heavy atom. The number of anilines is 1. The second-order valence-corrected chi connectivity index (χ2v) is 7.34. The molecule has 0 spiro atoms. The highest BCUT2D eigenvalue weighted by atomic mass is 32.2. The Morgan fingerprint density at radius 2 is 2.15 bits per heavy atom. The van der Waals surface area contributed by atoms with Crippen molar-refractivity contribution < 1.29 is 12.8 Å². The number of aryl methyl sites for hydroxylation is 1. The van der Waals surface area contributed by atoms with Gasteiger partial charge < -0.3 is 5.73 Å². The molecule has 2 N–H and O–H groups in total. The summed E-state index contributed by atoms with van der Waals surface area (Å²) in [5.41, 5.74) is 6.19. The van der Waals surface area contributed by atoms with Gasteiger partial charge in [-0.2, -0.15) is 4.31 Å². The summed E-state index contributed by atoms with van der Waals surface area (Å²) in [4.78, 5) is -0.299. The van der Waals surface area contributed by atoms with Crippen LogP contribution in [0.15, 0.2) is 17.0 Å². The molecule has 1 aliphatic heterocycles. The largest absolute Gasteiger partial charge is 0.399 e. The minimum absolute atomic E-state index is 0.257. The molecule has 1 aromatic carbocycles. The van der Waals surface area contributed by atoms with Crippen LogP contribution in [-0.4, -0.2) is 25.8 Å². The Morgan fingerprint density at radius 3 is 2.80 bits per heavy atom. The van der Waals surface area contributed by atoms with Gasteiger partial charge in [0.15, 0.2) is 0 Å². The molecule has 1 aliphatic rings. The lowest BCUT2D eigenvalue weighted by atomic mass is 9.97. The second-order valence-electron chi connectivity index (χ2n) is 5.43. The van der Waals surface area contributed by atoms with E-state index in [2.05, 4.69) is 0 Å². The number of nitrogens with two attached hydrogens (primary N) is 1. The molecule has 6 heteroatoms. The number of hydrogen-bond acceptors (Lipinski definition) is 3. The van der Waals surface area contributed by atoms with Crippen molar-refractivity contribution >= 4 is 15.7 Å². The summed E-state index contributed by atoms with van der Waals surface area (Å²) in [6.07, 6.45) is 2.78. The lowest BCUT2D eigenvalue weighted by Crippen LogP contribution is -2.40. The van der Waals surface area contributed by atoms with Crippen LogP contribution in [0.1, 0.15) is 31.7 Å². The van der Waals surface area contributed by atoms with Crippen LogP contribution in [0.2, 0.25) is 0 Å². The molecule has 0 aromatic heterocycles. The highest BCUT2D eigenvalue weighted by Crippen LogP contribution is 2.28. The van der Waals surface area contributed by atoms with Crippen LogP contribution in [0.5, 0.6) is 0 Å². The average Bonchev–Trinajstić information content (AvgIpc) is 2.42. The van der Waals surface area contributed by atoms with Gasteiger partial charge in [-0.25, -0.2) is 12.8 Å². The summed E-state index contributed by atoms with van der Waals surface area (Å²) in [5.74, 6) is -0.346. The Kier molecular flexibility index (Phi) is 4.34. The van der Waals surface area contributed by atoms with Gasteiger partial charge in [0.1, 0.15) is 10.7 Å². The van der Waals surface area contributed by atoms with Gasteiger partial charge in [-0.3, -0.25) is 0 Å². The number of piperidine rings is 1. The van der Waals surface area contributed by atoms with Gasteiger partial charge in [-0.05, 0) is 43.4 Å². The van der Waals surface area contributed by atoms with Crippen molar-refractivity contribution in [3.8, 4) is 0 Å². The first kappa shape index (κ1) is 15.3. The van der Waals surface area contributed by atoms with E-state index < -0.39 is 15.8 Å². The predicted octanol–water partition coefficient (Wildman–Crippen LogP) is 2.53. The van der Waals surface area contributed by atoms with Crippen molar-refractivity contribution in [2.24, 2.45) is 5.92 Å². The maximum absolute atomic E-state index is 14.1. The fourth-order valence-corrected chi connectivity index (χ4v) is 4.40. The van der Waals surface area contributed by atoms with Crippen molar-refractivity contribution in [1.82, 2.24) is 4.31 Å². The summed E-state index contributed by atoms with van der Waals surface area (Å²) in [6, 6.07) is 2.66. The molecule has 0 aliphatic carbocycles. The molecule has 1 heterocycles. The second kappa shape index (κ2) is 5.69. The zero-order valence-corrected chi connectivity index (χ0v) is 12.7. The molecular formula is C14H21FN2O2S. The fraction of sp³-hybridized carbons (Fsp3) is 0.571. The summed E-state index contributed by atoms with van der Waals surface area (Å²) in [7, 11) is -3.80. The van der Waals surface area contributed by atoms with Crippen LogP contribution in [-0.2, 0) is 10.0 Å². The van der Waals surface area contributed by atoms with E-state index >= 15 is 0 Å². The number of nitrogens with zero attached hydrogens (tertiary/aromatic N) is 1. The lowest BCUT2D eigenvalue weighted by Gasteiger charge is -2.31. The summed E-state index contributed by atoms with van der Waals surface area (Å²) in [5, 5.41) is 0. The SMILES string of the molecule is CCC1CCCN(S(=O)(=O)c2cc(N)cc(C)c2F)C1. The lowest BCUT2D eigenvalue weighted by molar-refractivity contribution is 0.261. The third kappa shape index (κ3) is 2.81. The van der Waals surface area contributed by atoms with Crippen LogP contribution in [0.3, 0.4) is 0 Å². The van der Waals surface area contributed by atoms with Gasteiger partial charge in [0.25, 0.3) is 0 Å². The van der Waals surface area contributed by atoms with Crippen molar-refractivity contribution in [3.05, 3.63) is 23.5 Å². The number of benzene rings is 1. The summed E-state index contributed by atoms with van der Waals surface area (Å²) in [6.45, 7) is 4.49. The average molecular weight is 300 g/mol. The minimum atomic E-state index is -3.80. The Bertz CT molecular complexity index is 601. The molecule has 1 fully saturated rings. The molecule has 2 rings (SSSR count). The van der Waals surface area contributed by atoms with Crippen molar-refractivity contribution in [2.75, 3.05) is 18.8 Å². The number of nitrogen functional groups attached to an aromatic ring is 1. The van der Waals surface area contributed by atoms with Gasteiger partial charge in [0, 0.05) is 18.8 Å². The van der Waals surface area contributed by atoms with Crippen LogP contribution < -0.4 is 5.73 Å². The van der Waals surface area contributed by atoms with Crippen molar-refractivity contribution in [3.63, 3.8) is 0 Å². The van der Waals surface area contributed by atoms with E-state index in [0.717, 1.165) is 19.3 Å². The van der Waals surface area contributed by atoms with Gasteiger partial charge >= 0.3 is 0 Å². The monoisotopic (exact) mass is 300 g/mol. The van der Waals surface area contributed by atoms with E-state index in [1.165, 1.54) is 23.4 Å². The zero-order valence-electron chi connectivity index (χ0n) is 11.9. The standard InChI is InChI=1S/C14H21FN2O2S/c1-3-11-5-4-6-17(9-11)20(18,19)13-8-12(16)7-10(2)14(13)15/h7-8,11H,3-6,9,16H2,1-2H3. The number of halogens is 1. The van der Waals surface area contributed by atoms with Gasteiger partial charge in [-0.1, -0.05) is 13.3 Å². The summed E-state index contributed by atoms with van der Waals surface area (Å²) >= 11 is 0. The quantitative estimate of drug-likeness (QED) is 0.872. The smallest absolute Gasteiger partial charge is 0.246 e. The molecule has 20 heavy (non-hydrogen) atoms. The first-order valence-corrected chi connectivity index (χ1v) is 8.36. The maximum atomic E-state index is 14.1. The van der Waals surface area contributed by atoms with E-state index in [-0.39, 0.29) is 16.1 Å². The minimum Gasteiger partial charge on any atom is -0.399 e. The topological polar surface area (TPSA) is 63.4 Å². The normalized spacial score (nSPS) is 21.1. The van der Waals surface area contributed by atoms with E-state index in [4.69, 9.17) is 5.73 Å². The Hall–Kier alpha value is -1.14. The van der Waals surface area contributed by atoms with Crippen molar-refractivity contribution in [2.45, 2.75) is 38.0 Å². The molecule has 0 saturated carbocycles. The fourth-order valence-electron chi connectivity index (χ4n) is 2.67. The highest BCUT2D eigenvalue weighted by molar-refractivity contribution is 7.89. The molecule has 0 amide bonds. The van der Waals surface area contributed by atoms with Crippen molar-refractivity contribution in [1.29, 1.82) is 0 Å². The van der Waals surface area contributed by atoms with Gasteiger partial charge in [-0.15, -0.1) is 0 Å². The number of sulfonamides is 1. The van der Waals surface area contributed by atoms with Gasteiger partial charge in [0.2, 0.25) is 10.0 Å². The number of hydrogen-bond donors (Lipinski definition) is 1. The molecule has 0 bridgehead atoms. The molecule has 1 aromatic rings. The third-order valence-corrected chi connectivity index (χ3v) is 5.78. The van der Waals surface area contributed by atoms with Crippen LogP contribution in [0.25, 0.3) is 0 Å². The molecule has 1 atom stereocenters. The molecule has 1 unspecified atom stereocenters. The van der Waals surface area contributed by atoms with E-state index in [1.54, 1.807) is 0 Å². The zero-order chi connectivity index (χ0) is 14.9. The predicted molar refractivity (Wildman–Crippen MR) is 77.3 cm³/mol.